The highest BCUT2D eigenvalue weighted by atomic mass is 16.5. The van der Waals surface area contributed by atoms with Crippen molar-refractivity contribution in [2.75, 3.05) is 13.7 Å². The molecule has 0 amide bonds. The molecule has 1 saturated carbocycles. The summed E-state index contributed by atoms with van der Waals surface area (Å²) < 4.78 is 4.65. The fourth-order valence-corrected chi connectivity index (χ4v) is 3.05. The summed E-state index contributed by atoms with van der Waals surface area (Å²) in [6, 6.07) is 0. The van der Waals surface area contributed by atoms with Gasteiger partial charge in [0, 0.05) is 6.42 Å². The van der Waals surface area contributed by atoms with Gasteiger partial charge in [0.25, 0.3) is 0 Å². The van der Waals surface area contributed by atoms with Crippen molar-refractivity contribution in [1.82, 2.24) is 0 Å². The van der Waals surface area contributed by atoms with Crippen molar-refractivity contribution in [1.29, 1.82) is 0 Å². The maximum absolute atomic E-state index is 11.0. The summed E-state index contributed by atoms with van der Waals surface area (Å²) in [5.74, 6) is 1.90. The molecular weight excluding hydrogens is 250 g/mol. The Labute approximate surface area is 124 Å². The molecule has 0 aromatic carbocycles. The number of rotatable bonds is 13. The number of nitrogens with two attached hydrogens (primary N) is 1. The third-order valence-corrected chi connectivity index (χ3v) is 4.53. The second-order valence-corrected chi connectivity index (χ2v) is 6.28. The van der Waals surface area contributed by atoms with Crippen LogP contribution in [-0.4, -0.2) is 19.6 Å². The first kappa shape index (κ1) is 17.5. The molecule has 1 rings (SSSR count). The fourth-order valence-electron chi connectivity index (χ4n) is 3.05. The lowest BCUT2D eigenvalue weighted by Crippen LogP contribution is -1.99. The molecule has 0 aliphatic heterocycles. The van der Waals surface area contributed by atoms with Gasteiger partial charge in [0.15, 0.2) is 0 Å². The number of methoxy groups -OCH3 is 1. The average Bonchev–Trinajstić information content (AvgIpc) is 3.21. The van der Waals surface area contributed by atoms with E-state index in [-0.39, 0.29) is 5.97 Å². The van der Waals surface area contributed by atoms with Crippen LogP contribution < -0.4 is 5.73 Å². The first-order valence-electron chi connectivity index (χ1n) is 8.54. The number of hydrogen-bond acceptors (Lipinski definition) is 3. The molecule has 0 bridgehead atoms. The number of esters is 1. The highest BCUT2D eigenvalue weighted by Gasteiger charge is 2.35. The minimum Gasteiger partial charge on any atom is -0.469 e. The van der Waals surface area contributed by atoms with Crippen molar-refractivity contribution in [3.05, 3.63) is 0 Å². The summed E-state index contributed by atoms with van der Waals surface area (Å²) in [5.41, 5.74) is 5.48. The largest absolute Gasteiger partial charge is 0.469 e. The van der Waals surface area contributed by atoms with Crippen LogP contribution in [0.3, 0.4) is 0 Å². The van der Waals surface area contributed by atoms with Crippen LogP contribution in [0.5, 0.6) is 0 Å². The molecule has 1 aliphatic rings. The number of ether oxygens (including phenoxy) is 1. The molecule has 118 valence electrons. The van der Waals surface area contributed by atoms with Gasteiger partial charge in [0.1, 0.15) is 0 Å². The molecule has 0 saturated heterocycles. The summed E-state index contributed by atoms with van der Waals surface area (Å²) in [5, 5.41) is 0. The first-order chi connectivity index (χ1) is 9.77. The maximum atomic E-state index is 11.0. The van der Waals surface area contributed by atoms with E-state index in [9.17, 15) is 4.79 Å². The van der Waals surface area contributed by atoms with Gasteiger partial charge < -0.3 is 10.5 Å². The molecule has 0 spiro atoms. The zero-order chi connectivity index (χ0) is 14.6. The van der Waals surface area contributed by atoms with Gasteiger partial charge in [0.05, 0.1) is 7.11 Å². The van der Waals surface area contributed by atoms with E-state index in [1.165, 1.54) is 71.3 Å². The van der Waals surface area contributed by atoms with Crippen LogP contribution in [0.4, 0.5) is 0 Å². The molecule has 2 unspecified atom stereocenters. The normalized spacial score (nSPS) is 20.9. The predicted molar refractivity (Wildman–Crippen MR) is 83.5 cm³/mol. The van der Waals surface area contributed by atoms with E-state index in [1.54, 1.807) is 0 Å². The number of carbonyl (C=O) groups is 1. The van der Waals surface area contributed by atoms with Crippen molar-refractivity contribution in [3.8, 4) is 0 Å². The Kier molecular flexibility index (Phi) is 9.73. The Bertz CT molecular complexity index is 255. The SMILES string of the molecule is COC(=O)CCCCC1CC1CCCCCCCCN. The summed E-state index contributed by atoms with van der Waals surface area (Å²) in [6.45, 7) is 0.847. The van der Waals surface area contributed by atoms with Crippen molar-refractivity contribution >= 4 is 5.97 Å². The average molecular weight is 283 g/mol. The molecule has 1 fully saturated rings. The molecule has 1 aliphatic carbocycles. The zero-order valence-electron chi connectivity index (χ0n) is 13.2. The van der Waals surface area contributed by atoms with E-state index in [0.717, 1.165) is 24.8 Å². The monoisotopic (exact) mass is 283 g/mol. The molecule has 0 aromatic rings. The van der Waals surface area contributed by atoms with Gasteiger partial charge in [-0.3, -0.25) is 4.79 Å². The Morgan fingerprint density at radius 2 is 1.50 bits per heavy atom. The van der Waals surface area contributed by atoms with Crippen LogP contribution >= 0.6 is 0 Å². The zero-order valence-corrected chi connectivity index (χ0v) is 13.2. The van der Waals surface area contributed by atoms with Gasteiger partial charge in [-0.25, -0.2) is 0 Å². The van der Waals surface area contributed by atoms with Gasteiger partial charge in [-0.15, -0.1) is 0 Å². The molecule has 0 radical (unpaired) electrons. The first-order valence-corrected chi connectivity index (χ1v) is 8.54. The van der Waals surface area contributed by atoms with Crippen LogP contribution in [0.2, 0.25) is 0 Å². The lowest BCUT2D eigenvalue weighted by atomic mass is 10.0. The number of unbranched alkanes of at least 4 members (excludes halogenated alkanes) is 6. The fraction of sp³-hybridized carbons (Fsp3) is 0.941. The summed E-state index contributed by atoms with van der Waals surface area (Å²) in [6.07, 6.45) is 15.0. The second-order valence-electron chi connectivity index (χ2n) is 6.28. The Morgan fingerprint density at radius 3 is 2.10 bits per heavy atom. The molecule has 2 atom stereocenters. The molecule has 3 heteroatoms. The summed E-state index contributed by atoms with van der Waals surface area (Å²) in [4.78, 5) is 11.0. The van der Waals surface area contributed by atoms with Gasteiger partial charge in [-0.2, -0.15) is 0 Å². The molecule has 0 heterocycles. The smallest absolute Gasteiger partial charge is 0.305 e. The van der Waals surface area contributed by atoms with E-state index in [0.29, 0.717) is 6.42 Å². The van der Waals surface area contributed by atoms with Crippen LogP contribution in [0.15, 0.2) is 0 Å². The van der Waals surface area contributed by atoms with Crippen molar-refractivity contribution in [2.24, 2.45) is 17.6 Å². The van der Waals surface area contributed by atoms with Crippen molar-refractivity contribution in [2.45, 2.75) is 77.0 Å². The van der Waals surface area contributed by atoms with Gasteiger partial charge in [-0.1, -0.05) is 51.4 Å². The highest BCUT2D eigenvalue weighted by molar-refractivity contribution is 5.68. The standard InChI is InChI=1S/C17H33NO2/c1-20-17(19)12-8-7-11-16-14-15(16)10-6-4-2-3-5-9-13-18/h15-16H,2-14,18H2,1H3. The molecular formula is C17H33NO2. The third-order valence-electron chi connectivity index (χ3n) is 4.53. The minimum atomic E-state index is -0.0630. The van der Waals surface area contributed by atoms with Gasteiger partial charge in [0.2, 0.25) is 0 Å². The quantitative estimate of drug-likeness (QED) is 0.410. The topological polar surface area (TPSA) is 52.3 Å². The number of carbonyl (C=O) groups excluding carboxylic acids is 1. The van der Waals surface area contributed by atoms with Gasteiger partial charge in [-0.05, 0) is 37.6 Å². The number of hydrogen-bond donors (Lipinski definition) is 1. The van der Waals surface area contributed by atoms with E-state index >= 15 is 0 Å². The van der Waals surface area contributed by atoms with E-state index in [1.807, 2.05) is 0 Å². The third kappa shape index (κ3) is 8.57. The molecule has 0 aromatic heterocycles. The van der Waals surface area contributed by atoms with Crippen LogP contribution in [0.1, 0.15) is 77.0 Å². The summed E-state index contributed by atoms with van der Waals surface area (Å²) in [7, 11) is 1.47. The van der Waals surface area contributed by atoms with Crippen LogP contribution in [0, 0.1) is 11.8 Å². The Hall–Kier alpha value is -0.570. The lowest BCUT2D eigenvalue weighted by molar-refractivity contribution is -0.140. The molecule has 20 heavy (non-hydrogen) atoms. The van der Waals surface area contributed by atoms with Crippen molar-refractivity contribution in [3.63, 3.8) is 0 Å². The highest BCUT2D eigenvalue weighted by Crippen LogP contribution is 2.45. The Morgan fingerprint density at radius 1 is 0.950 bits per heavy atom. The van der Waals surface area contributed by atoms with E-state index < -0.39 is 0 Å². The second kappa shape index (κ2) is 11.1. The lowest BCUT2D eigenvalue weighted by Gasteiger charge is -2.02. The van der Waals surface area contributed by atoms with Crippen molar-refractivity contribution < 1.29 is 9.53 Å². The minimum absolute atomic E-state index is 0.0630. The summed E-state index contributed by atoms with van der Waals surface area (Å²) >= 11 is 0. The van der Waals surface area contributed by atoms with Gasteiger partial charge >= 0.3 is 5.97 Å². The predicted octanol–water partition coefficient (Wildman–Crippen LogP) is 4.05. The van der Waals surface area contributed by atoms with E-state index in [4.69, 9.17) is 5.73 Å². The Balaban J connectivity index is 1.80. The molecule has 3 nitrogen and oxygen atoms in total. The molecule has 2 N–H and O–H groups in total. The van der Waals surface area contributed by atoms with Crippen LogP contribution in [0.25, 0.3) is 0 Å². The van der Waals surface area contributed by atoms with Crippen LogP contribution in [-0.2, 0) is 9.53 Å². The maximum Gasteiger partial charge on any atom is 0.305 e. The van der Waals surface area contributed by atoms with E-state index in [2.05, 4.69) is 4.74 Å².